The number of amides is 1. The highest BCUT2D eigenvalue weighted by Gasteiger charge is 2.33. The van der Waals surface area contributed by atoms with E-state index in [2.05, 4.69) is 0 Å². The second-order valence-corrected chi connectivity index (χ2v) is 5.18. The largest absolute Gasteiger partial charge is 0.444 e. The molecule has 1 aliphatic rings. The highest BCUT2D eigenvalue weighted by Crippen LogP contribution is 2.21. The van der Waals surface area contributed by atoms with Gasteiger partial charge in [-0.1, -0.05) is 0 Å². The van der Waals surface area contributed by atoms with Gasteiger partial charge in [-0.05, 0) is 27.2 Å². The Hall–Kier alpha value is -0.840. The van der Waals surface area contributed by atoms with Crippen LogP contribution >= 0.6 is 0 Å². The number of hydrogen-bond donors (Lipinski definition) is 1. The Bertz CT molecular complexity index is 253. The number of halogens is 1. The summed E-state index contributed by atoms with van der Waals surface area (Å²) in [4.78, 5) is 13.4. The number of carbonyl (C=O) groups is 1. The van der Waals surface area contributed by atoms with Gasteiger partial charge in [0.05, 0.1) is 6.04 Å². The normalized spacial score (nSPS) is 26.7. The molecule has 0 radical (unpaired) electrons. The van der Waals surface area contributed by atoms with Crippen LogP contribution in [0.5, 0.6) is 0 Å². The van der Waals surface area contributed by atoms with E-state index in [0.29, 0.717) is 19.4 Å². The van der Waals surface area contributed by atoms with Crippen LogP contribution < -0.4 is 5.73 Å². The van der Waals surface area contributed by atoms with Crippen LogP contribution in [0, 0.1) is 0 Å². The van der Waals surface area contributed by atoms with Gasteiger partial charge in [-0.15, -0.1) is 0 Å². The van der Waals surface area contributed by atoms with Gasteiger partial charge < -0.3 is 15.4 Å². The maximum Gasteiger partial charge on any atom is 0.410 e. The summed E-state index contributed by atoms with van der Waals surface area (Å²) < 4.78 is 18.4. The summed E-state index contributed by atoms with van der Waals surface area (Å²) in [6.45, 7) is 6.09. The summed E-state index contributed by atoms with van der Waals surface area (Å²) in [5, 5.41) is 0. The number of rotatable bonds is 1. The minimum absolute atomic E-state index is 0.237. The average molecular weight is 232 g/mol. The van der Waals surface area contributed by atoms with Gasteiger partial charge in [0.25, 0.3) is 0 Å². The molecule has 1 heterocycles. The minimum atomic E-state index is -0.854. The summed E-state index contributed by atoms with van der Waals surface area (Å²) in [6.07, 6.45) is -0.562. The van der Waals surface area contributed by atoms with Crippen molar-refractivity contribution in [3.8, 4) is 0 Å². The molecule has 1 amide bonds. The van der Waals surface area contributed by atoms with Crippen molar-refractivity contribution in [1.82, 2.24) is 4.90 Å². The Balaban J connectivity index is 2.60. The summed E-state index contributed by atoms with van der Waals surface area (Å²) in [5.41, 5.74) is 5.02. The van der Waals surface area contributed by atoms with E-state index in [1.54, 1.807) is 4.90 Å². The molecule has 2 N–H and O–H groups in total. The third-order valence-electron chi connectivity index (χ3n) is 2.55. The topological polar surface area (TPSA) is 55.6 Å². The fourth-order valence-electron chi connectivity index (χ4n) is 1.79. The smallest absolute Gasteiger partial charge is 0.410 e. The first-order valence-electron chi connectivity index (χ1n) is 5.67. The standard InChI is InChI=1S/C11H21FN2O2/c1-11(2,3)16-10(15)14-5-4-8(12)6-9(14)7-13/h8-9H,4-7,13H2,1-3H3. The van der Waals surface area contributed by atoms with E-state index in [1.165, 1.54) is 0 Å². The first-order chi connectivity index (χ1) is 7.33. The second kappa shape index (κ2) is 4.99. The first kappa shape index (κ1) is 13.2. The first-order valence-corrected chi connectivity index (χ1v) is 5.67. The zero-order valence-electron chi connectivity index (χ0n) is 10.2. The second-order valence-electron chi connectivity index (χ2n) is 5.18. The molecule has 0 spiro atoms. The lowest BCUT2D eigenvalue weighted by molar-refractivity contribution is 0.00344. The van der Waals surface area contributed by atoms with Crippen LogP contribution in [0.4, 0.5) is 9.18 Å². The molecule has 0 saturated carbocycles. The zero-order valence-corrected chi connectivity index (χ0v) is 10.2. The molecule has 94 valence electrons. The van der Waals surface area contributed by atoms with Crippen molar-refractivity contribution >= 4 is 6.09 Å². The average Bonchev–Trinajstić information content (AvgIpc) is 2.14. The van der Waals surface area contributed by atoms with E-state index in [4.69, 9.17) is 10.5 Å². The van der Waals surface area contributed by atoms with Crippen molar-refractivity contribution in [1.29, 1.82) is 0 Å². The number of nitrogens with zero attached hydrogens (tertiary/aromatic N) is 1. The van der Waals surface area contributed by atoms with Crippen LogP contribution in [-0.4, -0.2) is 41.9 Å². The van der Waals surface area contributed by atoms with Gasteiger partial charge >= 0.3 is 6.09 Å². The summed E-state index contributed by atoms with van der Waals surface area (Å²) in [5.74, 6) is 0. The molecule has 5 heteroatoms. The molecule has 4 nitrogen and oxygen atoms in total. The molecule has 0 aliphatic carbocycles. The number of alkyl halides is 1. The molecular weight excluding hydrogens is 211 g/mol. The van der Waals surface area contributed by atoms with Crippen LogP contribution in [0.3, 0.4) is 0 Å². The van der Waals surface area contributed by atoms with Gasteiger partial charge in [0.2, 0.25) is 0 Å². The van der Waals surface area contributed by atoms with Gasteiger partial charge in [-0.3, -0.25) is 0 Å². The van der Waals surface area contributed by atoms with Crippen LogP contribution in [0.25, 0.3) is 0 Å². The Morgan fingerprint density at radius 2 is 2.19 bits per heavy atom. The quantitative estimate of drug-likeness (QED) is 0.748. The number of ether oxygens (including phenoxy) is 1. The lowest BCUT2D eigenvalue weighted by atomic mass is 10.0. The van der Waals surface area contributed by atoms with Crippen LogP contribution in [-0.2, 0) is 4.74 Å². The lowest BCUT2D eigenvalue weighted by Crippen LogP contribution is -2.51. The molecular formula is C11H21FN2O2. The van der Waals surface area contributed by atoms with Crippen molar-refractivity contribution in [2.45, 2.75) is 51.4 Å². The van der Waals surface area contributed by atoms with Gasteiger partial charge in [-0.25, -0.2) is 9.18 Å². The van der Waals surface area contributed by atoms with Gasteiger partial charge in [0.1, 0.15) is 11.8 Å². The maximum absolute atomic E-state index is 13.2. The Kier molecular flexibility index (Phi) is 4.13. The number of likely N-dealkylation sites (tertiary alicyclic amines) is 1. The Labute approximate surface area is 95.9 Å². The zero-order chi connectivity index (χ0) is 12.3. The minimum Gasteiger partial charge on any atom is -0.444 e. The van der Waals surface area contributed by atoms with Gasteiger partial charge in [0.15, 0.2) is 0 Å². The SMILES string of the molecule is CC(C)(C)OC(=O)N1CCC(F)CC1CN. The summed E-state index contributed by atoms with van der Waals surface area (Å²) in [6, 6.07) is -0.237. The monoisotopic (exact) mass is 232 g/mol. The molecule has 1 fully saturated rings. The van der Waals surface area contributed by atoms with E-state index in [1.807, 2.05) is 20.8 Å². The molecule has 1 rings (SSSR count). The molecule has 2 unspecified atom stereocenters. The maximum atomic E-state index is 13.2. The summed E-state index contributed by atoms with van der Waals surface area (Å²) in [7, 11) is 0. The highest BCUT2D eigenvalue weighted by atomic mass is 19.1. The van der Waals surface area contributed by atoms with E-state index < -0.39 is 17.9 Å². The van der Waals surface area contributed by atoms with Gasteiger partial charge in [0, 0.05) is 19.5 Å². The Morgan fingerprint density at radius 1 is 1.56 bits per heavy atom. The van der Waals surface area contributed by atoms with Crippen LogP contribution in [0.15, 0.2) is 0 Å². The highest BCUT2D eigenvalue weighted by molar-refractivity contribution is 5.68. The van der Waals surface area contributed by atoms with E-state index in [0.717, 1.165) is 0 Å². The predicted molar refractivity (Wildman–Crippen MR) is 59.9 cm³/mol. The van der Waals surface area contributed by atoms with E-state index in [-0.39, 0.29) is 12.6 Å². The third kappa shape index (κ3) is 3.63. The Morgan fingerprint density at radius 3 is 2.69 bits per heavy atom. The number of nitrogens with two attached hydrogens (primary N) is 1. The van der Waals surface area contributed by atoms with E-state index in [9.17, 15) is 9.18 Å². The van der Waals surface area contributed by atoms with E-state index >= 15 is 0 Å². The molecule has 1 saturated heterocycles. The van der Waals surface area contributed by atoms with Gasteiger partial charge in [-0.2, -0.15) is 0 Å². The number of piperidine rings is 1. The molecule has 16 heavy (non-hydrogen) atoms. The van der Waals surface area contributed by atoms with Crippen molar-refractivity contribution < 1.29 is 13.9 Å². The number of carbonyl (C=O) groups excluding carboxylic acids is 1. The predicted octanol–water partition coefficient (Wildman–Crippen LogP) is 1.68. The lowest BCUT2D eigenvalue weighted by Gasteiger charge is -2.37. The molecule has 1 aliphatic heterocycles. The molecule has 0 aromatic carbocycles. The van der Waals surface area contributed by atoms with Crippen molar-refractivity contribution in [2.24, 2.45) is 5.73 Å². The van der Waals surface area contributed by atoms with Crippen LogP contribution in [0.1, 0.15) is 33.6 Å². The van der Waals surface area contributed by atoms with Crippen molar-refractivity contribution in [3.05, 3.63) is 0 Å². The molecule has 0 aromatic rings. The van der Waals surface area contributed by atoms with Crippen LogP contribution in [0.2, 0.25) is 0 Å². The fraction of sp³-hybridized carbons (Fsp3) is 0.909. The molecule has 0 bridgehead atoms. The van der Waals surface area contributed by atoms with Crippen molar-refractivity contribution in [2.75, 3.05) is 13.1 Å². The molecule has 2 atom stereocenters. The molecule has 0 aromatic heterocycles. The number of hydrogen-bond acceptors (Lipinski definition) is 3. The third-order valence-corrected chi connectivity index (χ3v) is 2.55. The fourth-order valence-corrected chi connectivity index (χ4v) is 1.79. The van der Waals surface area contributed by atoms with Crippen molar-refractivity contribution in [3.63, 3.8) is 0 Å². The summed E-state index contributed by atoms with van der Waals surface area (Å²) >= 11 is 0.